The fraction of sp³-hybridized carbons (Fsp3) is 0.500. The van der Waals surface area contributed by atoms with Crippen molar-refractivity contribution in [1.29, 1.82) is 0 Å². The predicted octanol–water partition coefficient (Wildman–Crippen LogP) is 5.95. The van der Waals surface area contributed by atoms with Crippen LogP contribution in [0, 0.1) is 23.4 Å². The van der Waals surface area contributed by atoms with E-state index in [1.165, 1.54) is 23.2 Å². The maximum absolute atomic E-state index is 15.0. The average Bonchev–Trinajstić information content (AvgIpc) is 3.10. The van der Waals surface area contributed by atoms with Crippen LogP contribution in [0.5, 0.6) is 0 Å². The van der Waals surface area contributed by atoms with Gasteiger partial charge in [-0.05, 0) is 76.3 Å². The summed E-state index contributed by atoms with van der Waals surface area (Å²) in [6, 6.07) is 9.06. The van der Waals surface area contributed by atoms with Crippen LogP contribution in [0.3, 0.4) is 0 Å². The highest BCUT2D eigenvalue weighted by atomic mass is 19.1. The number of aliphatic hydroxyl groups is 1. The van der Waals surface area contributed by atoms with Crippen LogP contribution in [0.2, 0.25) is 0 Å². The van der Waals surface area contributed by atoms with Crippen LogP contribution in [0.15, 0.2) is 47.6 Å². The number of rotatable bonds is 11. The van der Waals surface area contributed by atoms with Crippen LogP contribution < -0.4 is 10.3 Å². The summed E-state index contributed by atoms with van der Waals surface area (Å²) >= 11 is 0. The SMILES string of the molecule is CCCCC1C(c2ccc(F)cc2)=NN(c2ccc(F)cc2F)C1(C)C(=O)NCCCCC(C)(C)O. The minimum atomic E-state index is -1.30. The first-order valence-corrected chi connectivity index (χ1v) is 12.6. The van der Waals surface area contributed by atoms with Crippen LogP contribution in [0.4, 0.5) is 18.9 Å². The van der Waals surface area contributed by atoms with Gasteiger partial charge >= 0.3 is 0 Å². The molecule has 8 heteroatoms. The van der Waals surface area contributed by atoms with E-state index in [4.69, 9.17) is 5.10 Å². The Hall–Kier alpha value is -2.87. The fourth-order valence-electron chi connectivity index (χ4n) is 4.68. The number of nitrogens with zero attached hydrogens (tertiary/aromatic N) is 2. The molecule has 0 saturated carbocycles. The van der Waals surface area contributed by atoms with Crippen LogP contribution >= 0.6 is 0 Å². The average molecular weight is 504 g/mol. The molecule has 3 rings (SSSR count). The third-order valence-electron chi connectivity index (χ3n) is 6.74. The number of carbonyl (C=O) groups excluding carboxylic acids is 1. The molecule has 36 heavy (non-hydrogen) atoms. The Bertz CT molecular complexity index is 1080. The van der Waals surface area contributed by atoms with Crippen molar-refractivity contribution in [3.05, 3.63) is 65.5 Å². The molecule has 1 heterocycles. The topological polar surface area (TPSA) is 64.9 Å². The molecule has 196 valence electrons. The highest BCUT2D eigenvalue weighted by Gasteiger charge is 2.54. The number of hydrogen-bond donors (Lipinski definition) is 2. The third kappa shape index (κ3) is 6.27. The monoisotopic (exact) mass is 503 g/mol. The van der Waals surface area contributed by atoms with Crippen molar-refractivity contribution in [1.82, 2.24) is 5.32 Å². The lowest BCUT2D eigenvalue weighted by molar-refractivity contribution is -0.126. The number of nitrogens with one attached hydrogen (secondary N) is 1. The van der Waals surface area contributed by atoms with Gasteiger partial charge in [0.1, 0.15) is 17.2 Å². The van der Waals surface area contributed by atoms with Crippen molar-refractivity contribution in [3.63, 3.8) is 0 Å². The Morgan fingerprint density at radius 2 is 1.75 bits per heavy atom. The van der Waals surface area contributed by atoms with Gasteiger partial charge in [-0.1, -0.05) is 31.9 Å². The number of benzene rings is 2. The number of amides is 1. The molecule has 1 aliphatic rings. The molecule has 0 bridgehead atoms. The zero-order valence-electron chi connectivity index (χ0n) is 21.5. The zero-order valence-corrected chi connectivity index (χ0v) is 21.5. The highest BCUT2D eigenvalue weighted by Crippen LogP contribution is 2.42. The minimum absolute atomic E-state index is 0.00492. The van der Waals surface area contributed by atoms with Gasteiger partial charge in [-0.2, -0.15) is 5.10 Å². The van der Waals surface area contributed by atoms with E-state index in [0.717, 1.165) is 31.4 Å². The van der Waals surface area contributed by atoms with Crippen molar-refractivity contribution >= 4 is 17.3 Å². The van der Waals surface area contributed by atoms with E-state index in [0.29, 0.717) is 37.1 Å². The number of hydrogen-bond acceptors (Lipinski definition) is 4. The number of carbonyl (C=O) groups is 1. The lowest BCUT2D eigenvalue weighted by atomic mass is 9.77. The van der Waals surface area contributed by atoms with Crippen molar-refractivity contribution in [2.75, 3.05) is 11.6 Å². The Morgan fingerprint density at radius 3 is 2.36 bits per heavy atom. The van der Waals surface area contributed by atoms with E-state index in [2.05, 4.69) is 5.32 Å². The second kappa shape index (κ2) is 11.5. The Morgan fingerprint density at radius 1 is 1.08 bits per heavy atom. The molecule has 5 nitrogen and oxygen atoms in total. The Labute approximate surface area is 211 Å². The molecular formula is C28H36F3N3O2. The molecule has 0 aromatic heterocycles. The summed E-state index contributed by atoms with van der Waals surface area (Å²) in [5.74, 6) is -2.67. The van der Waals surface area contributed by atoms with Gasteiger partial charge in [0.05, 0.1) is 17.0 Å². The van der Waals surface area contributed by atoms with E-state index < -0.39 is 34.5 Å². The smallest absolute Gasteiger partial charge is 0.248 e. The van der Waals surface area contributed by atoms with Crippen molar-refractivity contribution in [2.45, 2.75) is 77.4 Å². The van der Waals surface area contributed by atoms with E-state index >= 15 is 0 Å². The zero-order chi connectivity index (χ0) is 26.5. The highest BCUT2D eigenvalue weighted by molar-refractivity contribution is 6.10. The summed E-state index contributed by atoms with van der Waals surface area (Å²) in [6.07, 6.45) is 4.29. The summed E-state index contributed by atoms with van der Waals surface area (Å²) in [7, 11) is 0. The Balaban J connectivity index is 1.98. The molecule has 2 N–H and O–H groups in total. The van der Waals surface area contributed by atoms with Crippen molar-refractivity contribution in [2.24, 2.45) is 11.0 Å². The first kappa shape index (κ1) is 27.7. The van der Waals surface area contributed by atoms with Gasteiger partial charge in [-0.15, -0.1) is 0 Å². The number of hydrazone groups is 1. The molecule has 2 aromatic rings. The minimum Gasteiger partial charge on any atom is -0.390 e. The molecule has 2 unspecified atom stereocenters. The molecule has 1 amide bonds. The van der Waals surface area contributed by atoms with Crippen LogP contribution in [0.1, 0.15) is 71.8 Å². The van der Waals surface area contributed by atoms with Gasteiger partial charge < -0.3 is 10.4 Å². The first-order chi connectivity index (χ1) is 17.0. The molecule has 1 aliphatic heterocycles. The van der Waals surface area contributed by atoms with E-state index in [9.17, 15) is 23.1 Å². The van der Waals surface area contributed by atoms with Gasteiger partial charge in [-0.25, -0.2) is 18.2 Å². The second-order valence-electron chi connectivity index (χ2n) is 10.3. The molecule has 0 spiro atoms. The number of anilines is 1. The fourth-order valence-corrected chi connectivity index (χ4v) is 4.68. The maximum atomic E-state index is 15.0. The van der Waals surface area contributed by atoms with Gasteiger partial charge in [0, 0.05) is 18.5 Å². The predicted molar refractivity (Wildman–Crippen MR) is 136 cm³/mol. The third-order valence-corrected chi connectivity index (χ3v) is 6.74. The quantitative estimate of drug-likeness (QED) is 0.373. The second-order valence-corrected chi connectivity index (χ2v) is 10.3. The van der Waals surface area contributed by atoms with Gasteiger partial charge in [0.15, 0.2) is 5.82 Å². The van der Waals surface area contributed by atoms with Crippen LogP contribution in [-0.2, 0) is 4.79 Å². The van der Waals surface area contributed by atoms with E-state index in [1.54, 1.807) is 32.9 Å². The van der Waals surface area contributed by atoms with Gasteiger partial charge in [0.2, 0.25) is 5.91 Å². The number of halogens is 3. The van der Waals surface area contributed by atoms with Crippen LogP contribution in [0.25, 0.3) is 0 Å². The summed E-state index contributed by atoms with van der Waals surface area (Å²) in [4.78, 5) is 13.8. The van der Waals surface area contributed by atoms with Crippen LogP contribution in [-0.4, -0.2) is 34.4 Å². The standard InChI is InChI=1S/C28H36F3N3O2/c1-5-6-9-22-25(19-10-12-20(29)13-11-19)33-34(24-15-14-21(30)18-23(24)31)28(22,4)26(35)32-17-8-7-16-27(2,3)36/h10-15,18,22,36H,5-9,16-17H2,1-4H3,(H,32,35). The van der Waals surface area contributed by atoms with E-state index in [1.807, 2.05) is 6.92 Å². The lowest BCUT2D eigenvalue weighted by Crippen LogP contribution is -2.58. The first-order valence-electron chi connectivity index (χ1n) is 12.6. The lowest BCUT2D eigenvalue weighted by Gasteiger charge is -2.37. The maximum Gasteiger partial charge on any atom is 0.248 e. The summed E-state index contributed by atoms with van der Waals surface area (Å²) in [6.45, 7) is 7.64. The van der Waals surface area contributed by atoms with Crippen molar-refractivity contribution < 1.29 is 23.1 Å². The van der Waals surface area contributed by atoms with Crippen molar-refractivity contribution in [3.8, 4) is 0 Å². The van der Waals surface area contributed by atoms with Gasteiger partial charge in [0.25, 0.3) is 0 Å². The van der Waals surface area contributed by atoms with E-state index in [-0.39, 0.29) is 11.6 Å². The molecule has 2 atom stereocenters. The number of unbranched alkanes of at least 4 members (excludes halogenated alkanes) is 2. The molecular weight excluding hydrogens is 467 g/mol. The normalized spacial score (nSPS) is 19.9. The summed E-state index contributed by atoms with van der Waals surface area (Å²) in [5.41, 5.74) is -0.872. The molecule has 0 saturated heterocycles. The molecule has 0 aliphatic carbocycles. The Kier molecular flexibility index (Phi) is 8.82. The summed E-state index contributed by atoms with van der Waals surface area (Å²) in [5, 5.41) is 19.0. The largest absolute Gasteiger partial charge is 0.390 e. The van der Waals surface area contributed by atoms with Gasteiger partial charge in [-0.3, -0.25) is 4.79 Å². The molecule has 0 fully saturated rings. The molecule has 2 aromatic carbocycles. The summed E-state index contributed by atoms with van der Waals surface area (Å²) < 4.78 is 42.3. The molecule has 0 radical (unpaired) electrons.